The molecule has 1 aromatic rings. The summed E-state index contributed by atoms with van der Waals surface area (Å²) < 4.78 is 0. The number of amides is 1. The smallest absolute Gasteiger partial charge is 0.252 e. The number of carbonyl (C=O) groups is 1. The first-order valence-electron chi connectivity index (χ1n) is 9.35. The van der Waals surface area contributed by atoms with Crippen LogP contribution in [0.2, 0.25) is 0 Å². The molecule has 4 bridgehead atoms. The minimum Gasteiger partial charge on any atom is -0.348 e. The minimum atomic E-state index is 0.104. The van der Waals surface area contributed by atoms with Crippen LogP contribution in [-0.2, 0) is 0 Å². The molecule has 5 aliphatic carbocycles. The van der Waals surface area contributed by atoms with E-state index in [1.54, 1.807) is 11.3 Å². The van der Waals surface area contributed by atoms with Gasteiger partial charge in [0.05, 0.1) is 0 Å². The Morgan fingerprint density at radius 3 is 2.26 bits per heavy atom. The van der Waals surface area contributed by atoms with Crippen molar-refractivity contribution in [2.45, 2.75) is 63.1 Å². The molecule has 5 saturated carbocycles. The molecule has 124 valence electrons. The second-order valence-electron chi connectivity index (χ2n) is 8.40. The van der Waals surface area contributed by atoms with Crippen molar-refractivity contribution < 1.29 is 4.79 Å². The van der Waals surface area contributed by atoms with Crippen molar-refractivity contribution in [2.75, 3.05) is 0 Å². The lowest BCUT2D eigenvalue weighted by atomic mass is 9.54. The first-order chi connectivity index (χ1) is 11.3. The summed E-state index contributed by atoms with van der Waals surface area (Å²) in [5.74, 6) is 4.00. The molecule has 0 aliphatic heterocycles. The van der Waals surface area contributed by atoms with Gasteiger partial charge in [-0.3, -0.25) is 4.79 Å². The second-order valence-corrected chi connectivity index (χ2v) is 9.18. The zero-order chi connectivity index (χ0) is 15.4. The third kappa shape index (κ3) is 2.54. The molecule has 0 radical (unpaired) electrons. The number of hydrogen-bond donors (Lipinski definition) is 2. The molecule has 0 unspecified atom stereocenters. The Hall–Kier alpha value is -0.870. The topological polar surface area (TPSA) is 41.1 Å². The van der Waals surface area contributed by atoms with Gasteiger partial charge in [0.1, 0.15) is 0 Å². The highest BCUT2D eigenvalue weighted by atomic mass is 32.1. The Kier molecular flexibility index (Phi) is 3.52. The van der Waals surface area contributed by atoms with Crippen LogP contribution in [0, 0.1) is 23.7 Å². The molecule has 5 aliphatic rings. The quantitative estimate of drug-likeness (QED) is 0.888. The van der Waals surface area contributed by atoms with E-state index in [0.29, 0.717) is 12.1 Å². The molecule has 5 fully saturated rings. The molecule has 3 nitrogen and oxygen atoms in total. The summed E-state index contributed by atoms with van der Waals surface area (Å²) in [6.07, 6.45) is 9.71. The third-order valence-electron chi connectivity index (χ3n) is 7.01. The van der Waals surface area contributed by atoms with E-state index in [4.69, 9.17) is 0 Å². The van der Waals surface area contributed by atoms with Gasteiger partial charge < -0.3 is 10.6 Å². The third-order valence-corrected chi connectivity index (χ3v) is 7.69. The Morgan fingerprint density at radius 1 is 1.00 bits per heavy atom. The number of carbonyl (C=O) groups excluding carboxylic acids is 1. The van der Waals surface area contributed by atoms with Crippen LogP contribution in [0.5, 0.6) is 0 Å². The van der Waals surface area contributed by atoms with Gasteiger partial charge in [-0.15, -0.1) is 0 Å². The summed E-state index contributed by atoms with van der Waals surface area (Å²) in [5, 5.41) is 11.1. The standard InChI is InChI=1S/C19H26N2OS/c22-19(13-3-4-23-10-13)21-17-2-1-16(17)20-18-14-6-11-5-12(8-14)9-15(18)7-11/h3-4,10-12,14-18,20H,1-2,5-9H2,(H,21,22)/t11?,12?,14?,15?,16-,17+,18?/m1/s1. The lowest BCUT2D eigenvalue weighted by Gasteiger charge is -2.56. The van der Waals surface area contributed by atoms with E-state index >= 15 is 0 Å². The number of nitrogens with one attached hydrogen (secondary N) is 2. The van der Waals surface area contributed by atoms with E-state index in [9.17, 15) is 4.79 Å². The van der Waals surface area contributed by atoms with Crippen LogP contribution in [0.4, 0.5) is 0 Å². The van der Waals surface area contributed by atoms with Gasteiger partial charge in [0, 0.05) is 29.1 Å². The van der Waals surface area contributed by atoms with Gasteiger partial charge in [0.2, 0.25) is 0 Å². The van der Waals surface area contributed by atoms with E-state index in [1.165, 1.54) is 38.5 Å². The van der Waals surface area contributed by atoms with Crippen molar-refractivity contribution in [1.82, 2.24) is 10.6 Å². The first-order valence-corrected chi connectivity index (χ1v) is 10.3. The summed E-state index contributed by atoms with van der Waals surface area (Å²) in [6.45, 7) is 0. The van der Waals surface area contributed by atoms with Crippen molar-refractivity contribution >= 4 is 17.2 Å². The predicted molar refractivity (Wildman–Crippen MR) is 92.6 cm³/mol. The molecule has 1 heterocycles. The molecule has 4 heteroatoms. The van der Waals surface area contributed by atoms with Gasteiger partial charge in [-0.1, -0.05) is 0 Å². The highest BCUT2D eigenvalue weighted by Crippen LogP contribution is 2.54. The van der Waals surface area contributed by atoms with Crippen LogP contribution in [-0.4, -0.2) is 24.0 Å². The maximum absolute atomic E-state index is 12.3. The average molecular weight is 330 g/mol. The highest BCUT2D eigenvalue weighted by molar-refractivity contribution is 7.08. The summed E-state index contributed by atoms with van der Waals surface area (Å²) in [6, 6.07) is 3.48. The fraction of sp³-hybridized carbons (Fsp3) is 0.737. The first kappa shape index (κ1) is 14.5. The van der Waals surface area contributed by atoms with Gasteiger partial charge in [-0.05, 0) is 80.1 Å². The van der Waals surface area contributed by atoms with Crippen LogP contribution >= 0.6 is 11.3 Å². The maximum Gasteiger partial charge on any atom is 0.252 e. The minimum absolute atomic E-state index is 0.104. The van der Waals surface area contributed by atoms with Crippen LogP contribution < -0.4 is 10.6 Å². The van der Waals surface area contributed by atoms with E-state index in [1.807, 2.05) is 16.8 Å². The summed E-state index contributed by atoms with van der Waals surface area (Å²) in [7, 11) is 0. The van der Waals surface area contributed by atoms with Crippen LogP contribution in [0.3, 0.4) is 0 Å². The summed E-state index contributed by atoms with van der Waals surface area (Å²) in [4.78, 5) is 12.3. The van der Waals surface area contributed by atoms with Crippen LogP contribution in [0.15, 0.2) is 16.8 Å². The number of thiophene rings is 1. The Bertz CT molecular complexity index is 556. The molecule has 23 heavy (non-hydrogen) atoms. The lowest BCUT2D eigenvalue weighted by molar-refractivity contribution is -0.0236. The Labute approximate surface area is 142 Å². The molecule has 1 amide bonds. The molecular formula is C19H26N2OS. The van der Waals surface area contributed by atoms with Crippen molar-refractivity contribution in [3.05, 3.63) is 22.4 Å². The second kappa shape index (κ2) is 5.59. The fourth-order valence-electron chi connectivity index (χ4n) is 5.96. The monoisotopic (exact) mass is 330 g/mol. The summed E-state index contributed by atoms with van der Waals surface area (Å²) in [5.41, 5.74) is 0.815. The van der Waals surface area contributed by atoms with Crippen molar-refractivity contribution in [2.24, 2.45) is 23.7 Å². The Balaban J connectivity index is 1.21. The summed E-state index contributed by atoms with van der Waals surface area (Å²) >= 11 is 1.59. The fourth-order valence-corrected chi connectivity index (χ4v) is 6.60. The highest BCUT2D eigenvalue weighted by Gasteiger charge is 2.49. The molecule has 2 atom stereocenters. The van der Waals surface area contributed by atoms with E-state index in [0.717, 1.165) is 41.7 Å². The molecule has 6 rings (SSSR count). The van der Waals surface area contributed by atoms with Crippen LogP contribution in [0.25, 0.3) is 0 Å². The molecule has 0 saturated heterocycles. The van der Waals surface area contributed by atoms with Gasteiger partial charge in [0.25, 0.3) is 5.91 Å². The normalized spacial score (nSPS) is 44.1. The molecule has 1 aromatic heterocycles. The number of hydrogen-bond acceptors (Lipinski definition) is 3. The average Bonchev–Trinajstić information content (AvgIpc) is 3.04. The largest absolute Gasteiger partial charge is 0.348 e. The van der Waals surface area contributed by atoms with E-state index < -0.39 is 0 Å². The molecule has 0 spiro atoms. The van der Waals surface area contributed by atoms with Gasteiger partial charge in [-0.2, -0.15) is 11.3 Å². The number of rotatable bonds is 4. The maximum atomic E-state index is 12.3. The van der Waals surface area contributed by atoms with Crippen LogP contribution in [0.1, 0.15) is 55.3 Å². The zero-order valence-electron chi connectivity index (χ0n) is 13.5. The van der Waals surface area contributed by atoms with E-state index in [-0.39, 0.29) is 5.91 Å². The van der Waals surface area contributed by atoms with E-state index in [2.05, 4.69) is 10.6 Å². The SMILES string of the molecule is O=C(N[C@H]1CC[C@H]1NC1C2CC3CC(C2)CC1C3)c1ccsc1. The van der Waals surface area contributed by atoms with Crippen molar-refractivity contribution in [1.29, 1.82) is 0 Å². The molecule has 2 N–H and O–H groups in total. The Morgan fingerprint density at radius 2 is 1.70 bits per heavy atom. The van der Waals surface area contributed by atoms with Gasteiger partial charge in [-0.25, -0.2) is 0 Å². The predicted octanol–water partition coefficient (Wildman–Crippen LogP) is 3.42. The van der Waals surface area contributed by atoms with Gasteiger partial charge in [0.15, 0.2) is 0 Å². The van der Waals surface area contributed by atoms with Crippen molar-refractivity contribution in [3.8, 4) is 0 Å². The molecule has 0 aromatic carbocycles. The lowest BCUT2D eigenvalue weighted by Crippen LogP contribution is -2.64. The zero-order valence-corrected chi connectivity index (χ0v) is 14.4. The van der Waals surface area contributed by atoms with Gasteiger partial charge >= 0.3 is 0 Å². The van der Waals surface area contributed by atoms with Crippen molar-refractivity contribution in [3.63, 3.8) is 0 Å². The molecular weight excluding hydrogens is 304 g/mol.